The van der Waals surface area contributed by atoms with Crippen LogP contribution in [0.2, 0.25) is 0 Å². The molecule has 0 aliphatic carbocycles. The molecule has 3 aromatic heterocycles. The first-order chi connectivity index (χ1) is 24.2. The second-order valence-electron chi connectivity index (χ2n) is 12.3. The predicted molar refractivity (Wildman–Crippen MR) is 197 cm³/mol. The molecule has 0 aliphatic heterocycles. The summed E-state index contributed by atoms with van der Waals surface area (Å²) < 4.78 is 10.8. The molecule has 0 unspecified atom stereocenters. The van der Waals surface area contributed by atoms with E-state index in [1.54, 1.807) is 0 Å². The van der Waals surface area contributed by atoms with Crippen LogP contribution in [0.1, 0.15) is 11.1 Å². The van der Waals surface area contributed by atoms with Crippen molar-refractivity contribution in [3.8, 4) is 34.6 Å². The Morgan fingerprint density at radius 1 is 0.429 bits per heavy atom. The first-order valence-corrected chi connectivity index (χ1v) is 16.1. The number of nitrogens with zero attached hydrogens (tertiary/aromatic N) is 4. The highest BCUT2D eigenvalue weighted by Gasteiger charge is 2.23. The molecule has 10 rings (SSSR count). The van der Waals surface area contributed by atoms with Crippen molar-refractivity contribution in [2.75, 3.05) is 0 Å². The van der Waals surface area contributed by atoms with Crippen molar-refractivity contribution in [3.63, 3.8) is 0 Å². The zero-order chi connectivity index (χ0) is 32.6. The largest absolute Gasteiger partial charge is 0.455 e. The molecule has 10 aromatic rings. The first-order valence-electron chi connectivity index (χ1n) is 16.1. The Kier molecular flexibility index (Phi) is 5.64. The van der Waals surface area contributed by atoms with Crippen molar-refractivity contribution in [1.29, 1.82) is 10.5 Å². The van der Waals surface area contributed by atoms with Gasteiger partial charge in [-0.3, -0.25) is 0 Å². The standard InChI is InChI=1S/C44H24N4O/c45-25-27-24-41(28(26-46)23-40(27)47-37-19-5-1-11-29(37)30-12-2-6-20-38(30)47)48-39-21-7-3-13-31(39)33-15-9-16-34(43(33)48)36-18-10-17-35-32-14-4-8-22-42(32)49-44(35)36/h1-24H. The van der Waals surface area contributed by atoms with Crippen molar-refractivity contribution >= 4 is 65.6 Å². The average Bonchev–Trinajstić information content (AvgIpc) is 3.82. The molecule has 0 spiro atoms. The molecule has 5 heteroatoms. The zero-order valence-electron chi connectivity index (χ0n) is 26.1. The number of furan rings is 1. The fourth-order valence-electron chi connectivity index (χ4n) is 7.75. The number of hydrogen-bond acceptors (Lipinski definition) is 3. The minimum absolute atomic E-state index is 0.468. The van der Waals surface area contributed by atoms with E-state index in [9.17, 15) is 10.5 Å². The van der Waals surface area contributed by atoms with Crippen LogP contribution in [0.25, 0.3) is 88.1 Å². The van der Waals surface area contributed by atoms with Gasteiger partial charge >= 0.3 is 0 Å². The lowest BCUT2D eigenvalue weighted by Gasteiger charge is -2.17. The molecule has 0 aliphatic rings. The third-order valence-electron chi connectivity index (χ3n) is 9.81. The lowest BCUT2D eigenvalue weighted by atomic mass is 9.99. The van der Waals surface area contributed by atoms with Crippen LogP contribution in [0, 0.1) is 22.7 Å². The van der Waals surface area contributed by atoms with Crippen LogP contribution in [0.4, 0.5) is 0 Å². The van der Waals surface area contributed by atoms with E-state index in [2.05, 4.69) is 100 Å². The molecule has 0 atom stereocenters. The number of fused-ring (bicyclic) bond motifs is 9. The van der Waals surface area contributed by atoms with Crippen LogP contribution in [0.15, 0.2) is 150 Å². The van der Waals surface area contributed by atoms with Gasteiger partial charge in [-0.05, 0) is 36.4 Å². The zero-order valence-corrected chi connectivity index (χ0v) is 26.1. The Morgan fingerprint density at radius 3 is 1.53 bits per heavy atom. The van der Waals surface area contributed by atoms with Gasteiger partial charge in [-0.1, -0.05) is 109 Å². The fourth-order valence-corrected chi connectivity index (χ4v) is 7.75. The van der Waals surface area contributed by atoms with E-state index in [-0.39, 0.29) is 0 Å². The summed E-state index contributed by atoms with van der Waals surface area (Å²) in [4.78, 5) is 0. The summed E-state index contributed by atoms with van der Waals surface area (Å²) in [5.74, 6) is 0. The predicted octanol–water partition coefficient (Wildman–Crippen LogP) is 11.2. The van der Waals surface area contributed by atoms with Crippen LogP contribution in [-0.2, 0) is 0 Å². The molecule has 0 radical (unpaired) electrons. The fraction of sp³-hybridized carbons (Fsp3) is 0. The normalized spacial score (nSPS) is 11.6. The summed E-state index contributed by atoms with van der Waals surface area (Å²) in [5, 5.41) is 28.0. The van der Waals surface area contributed by atoms with Gasteiger partial charge in [-0.15, -0.1) is 0 Å². The average molecular weight is 625 g/mol. The first kappa shape index (κ1) is 27.1. The van der Waals surface area contributed by atoms with E-state index < -0.39 is 0 Å². The maximum Gasteiger partial charge on any atom is 0.143 e. The third-order valence-corrected chi connectivity index (χ3v) is 9.81. The maximum absolute atomic E-state index is 10.8. The van der Waals surface area contributed by atoms with Gasteiger partial charge in [0.25, 0.3) is 0 Å². The Morgan fingerprint density at radius 2 is 0.898 bits per heavy atom. The quantitative estimate of drug-likeness (QED) is 0.196. The van der Waals surface area contributed by atoms with Crippen LogP contribution >= 0.6 is 0 Å². The van der Waals surface area contributed by atoms with E-state index in [1.807, 2.05) is 66.7 Å². The summed E-state index contributed by atoms with van der Waals surface area (Å²) in [5.41, 5.74) is 9.72. The molecular formula is C44H24N4O. The van der Waals surface area contributed by atoms with Gasteiger partial charge < -0.3 is 13.6 Å². The summed E-state index contributed by atoms with van der Waals surface area (Å²) in [7, 11) is 0. The Hall–Kier alpha value is -7.08. The van der Waals surface area contributed by atoms with Gasteiger partial charge in [0.15, 0.2) is 0 Å². The van der Waals surface area contributed by atoms with E-state index in [0.717, 1.165) is 76.7 Å². The second-order valence-corrected chi connectivity index (χ2v) is 12.3. The van der Waals surface area contributed by atoms with Crippen molar-refractivity contribution in [1.82, 2.24) is 9.13 Å². The number of aromatic nitrogens is 2. The van der Waals surface area contributed by atoms with Gasteiger partial charge in [0.05, 0.1) is 44.6 Å². The van der Waals surface area contributed by atoms with Crippen LogP contribution in [0.3, 0.4) is 0 Å². The third kappa shape index (κ3) is 3.73. The van der Waals surface area contributed by atoms with Crippen LogP contribution < -0.4 is 0 Å². The summed E-state index contributed by atoms with van der Waals surface area (Å²) in [6.45, 7) is 0. The lowest BCUT2D eigenvalue weighted by Crippen LogP contribution is -2.04. The molecule has 5 nitrogen and oxygen atoms in total. The van der Waals surface area contributed by atoms with Crippen molar-refractivity contribution in [3.05, 3.63) is 157 Å². The highest BCUT2D eigenvalue weighted by molar-refractivity contribution is 6.17. The number of para-hydroxylation sites is 6. The van der Waals surface area contributed by atoms with E-state index in [1.165, 1.54) is 0 Å². The molecule has 0 fully saturated rings. The topological polar surface area (TPSA) is 70.6 Å². The lowest BCUT2D eigenvalue weighted by molar-refractivity contribution is 0.670. The molecule has 3 heterocycles. The molecule has 226 valence electrons. The minimum Gasteiger partial charge on any atom is -0.455 e. The molecule has 0 saturated heterocycles. The van der Waals surface area contributed by atoms with E-state index >= 15 is 0 Å². The molecule has 0 N–H and O–H groups in total. The molecule has 0 bridgehead atoms. The van der Waals surface area contributed by atoms with Crippen molar-refractivity contribution in [2.24, 2.45) is 0 Å². The summed E-state index contributed by atoms with van der Waals surface area (Å²) >= 11 is 0. The molecule has 49 heavy (non-hydrogen) atoms. The van der Waals surface area contributed by atoms with Gasteiger partial charge in [-0.2, -0.15) is 10.5 Å². The molecule has 0 amide bonds. The van der Waals surface area contributed by atoms with E-state index in [0.29, 0.717) is 22.5 Å². The number of benzene rings is 7. The Balaban J connectivity index is 1.31. The number of hydrogen-bond donors (Lipinski definition) is 0. The van der Waals surface area contributed by atoms with Crippen LogP contribution in [0.5, 0.6) is 0 Å². The van der Waals surface area contributed by atoms with Crippen molar-refractivity contribution < 1.29 is 4.42 Å². The molecule has 7 aromatic carbocycles. The second kappa shape index (κ2) is 10.2. The number of rotatable bonds is 3. The van der Waals surface area contributed by atoms with Crippen molar-refractivity contribution in [2.45, 2.75) is 0 Å². The van der Waals surface area contributed by atoms with Gasteiger partial charge in [0.1, 0.15) is 23.3 Å². The highest BCUT2D eigenvalue weighted by atomic mass is 16.3. The smallest absolute Gasteiger partial charge is 0.143 e. The van der Waals surface area contributed by atoms with Gasteiger partial charge in [0.2, 0.25) is 0 Å². The summed E-state index contributed by atoms with van der Waals surface area (Å²) in [6, 6.07) is 54.1. The summed E-state index contributed by atoms with van der Waals surface area (Å²) in [6.07, 6.45) is 0. The number of nitriles is 2. The maximum atomic E-state index is 10.8. The molecular weight excluding hydrogens is 601 g/mol. The van der Waals surface area contributed by atoms with Gasteiger partial charge in [-0.25, -0.2) is 0 Å². The monoisotopic (exact) mass is 624 g/mol. The van der Waals surface area contributed by atoms with Crippen LogP contribution in [-0.4, -0.2) is 9.13 Å². The Bertz CT molecular complexity index is 3030. The Labute approximate surface area is 280 Å². The minimum atomic E-state index is 0.468. The van der Waals surface area contributed by atoms with Gasteiger partial charge in [0, 0.05) is 43.4 Å². The SMILES string of the molecule is N#Cc1cc(-n2c3ccccc3c3cccc(-c4cccc5c4oc4ccccc45)c32)c(C#N)cc1-n1c2ccccc2c2ccccc21. The van der Waals surface area contributed by atoms with E-state index in [4.69, 9.17) is 4.42 Å². The molecule has 0 saturated carbocycles. The highest BCUT2D eigenvalue weighted by Crippen LogP contribution is 2.43.